The van der Waals surface area contributed by atoms with Crippen molar-refractivity contribution in [3.8, 4) is 0 Å². The molecule has 1 aromatic rings. The lowest BCUT2D eigenvalue weighted by Gasteiger charge is -2.45. The monoisotopic (exact) mass is 287 g/mol. The van der Waals surface area contributed by atoms with E-state index in [1.807, 2.05) is 19.9 Å². The Hall–Kier alpha value is -1.91. The molecule has 2 amide bonds. The van der Waals surface area contributed by atoms with Crippen molar-refractivity contribution >= 4 is 17.5 Å². The van der Waals surface area contributed by atoms with E-state index < -0.39 is 11.6 Å². The smallest absolute Gasteiger partial charge is 0.253 e. The molecule has 1 atom stereocenters. The van der Waals surface area contributed by atoms with Crippen LogP contribution in [0.15, 0.2) is 24.5 Å². The highest BCUT2D eigenvalue weighted by Crippen LogP contribution is 2.37. The number of carbonyl (C=O) groups excluding carboxylic acids is 2. The predicted octanol–water partition coefficient (Wildman–Crippen LogP) is 1.88. The van der Waals surface area contributed by atoms with Crippen LogP contribution in [0.3, 0.4) is 0 Å². The first-order valence-corrected chi connectivity index (χ1v) is 7.61. The van der Waals surface area contributed by atoms with Crippen molar-refractivity contribution in [2.45, 2.75) is 51.1 Å². The van der Waals surface area contributed by atoms with Gasteiger partial charge < -0.3 is 5.32 Å². The van der Waals surface area contributed by atoms with E-state index in [-0.39, 0.29) is 17.7 Å². The lowest BCUT2D eigenvalue weighted by Crippen LogP contribution is -2.71. The fourth-order valence-corrected chi connectivity index (χ4v) is 3.53. The average molecular weight is 287 g/mol. The maximum Gasteiger partial charge on any atom is 0.253 e. The van der Waals surface area contributed by atoms with Crippen molar-refractivity contribution in [3.63, 3.8) is 0 Å². The Bertz CT molecular complexity index is 550. The molecule has 1 aliphatic carbocycles. The lowest BCUT2D eigenvalue weighted by molar-refractivity contribution is -0.139. The zero-order valence-electron chi connectivity index (χ0n) is 12.5. The van der Waals surface area contributed by atoms with Crippen LogP contribution < -0.4 is 10.2 Å². The minimum atomic E-state index is -0.696. The summed E-state index contributed by atoms with van der Waals surface area (Å²) in [5, 5.41) is 3.02. The third-order valence-corrected chi connectivity index (χ3v) is 4.55. The zero-order chi connectivity index (χ0) is 15.0. The number of nitrogens with one attached hydrogen (secondary N) is 1. The number of amides is 2. The summed E-state index contributed by atoms with van der Waals surface area (Å²) in [6.07, 6.45) is 6.78. The molecule has 3 rings (SSSR count). The third-order valence-electron chi connectivity index (χ3n) is 4.55. The van der Waals surface area contributed by atoms with Crippen molar-refractivity contribution in [2.75, 3.05) is 4.90 Å². The van der Waals surface area contributed by atoms with Crippen LogP contribution in [0.4, 0.5) is 5.69 Å². The molecule has 2 aliphatic rings. The van der Waals surface area contributed by atoms with Crippen LogP contribution in [0.1, 0.15) is 39.5 Å². The molecular weight excluding hydrogens is 266 g/mol. The minimum Gasteiger partial charge on any atom is -0.340 e. The highest BCUT2D eigenvalue weighted by Gasteiger charge is 2.53. The third kappa shape index (κ3) is 2.20. The molecule has 1 unspecified atom stereocenters. The minimum absolute atomic E-state index is 0.0197. The van der Waals surface area contributed by atoms with Crippen LogP contribution in [-0.4, -0.2) is 28.4 Å². The molecule has 1 N–H and O–H groups in total. The molecule has 2 fully saturated rings. The molecule has 1 aromatic heterocycles. The van der Waals surface area contributed by atoms with Gasteiger partial charge in [0.15, 0.2) is 0 Å². The van der Waals surface area contributed by atoms with Crippen molar-refractivity contribution < 1.29 is 9.59 Å². The topological polar surface area (TPSA) is 62.3 Å². The van der Waals surface area contributed by atoms with E-state index in [0.29, 0.717) is 5.69 Å². The van der Waals surface area contributed by atoms with E-state index in [0.717, 1.165) is 25.7 Å². The van der Waals surface area contributed by atoms with Crippen molar-refractivity contribution in [1.29, 1.82) is 0 Å². The van der Waals surface area contributed by atoms with E-state index >= 15 is 0 Å². The lowest BCUT2D eigenvalue weighted by atomic mass is 9.87. The molecule has 1 saturated heterocycles. The summed E-state index contributed by atoms with van der Waals surface area (Å²) >= 11 is 0. The zero-order valence-corrected chi connectivity index (χ0v) is 12.5. The van der Waals surface area contributed by atoms with Crippen LogP contribution in [-0.2, 0) is 9.59 Å². The van der Waals surface area contributed by atoms with Crippen molar-refractivity contribution in [1.82, 2.24) is 10.3 Å². The maximum atomic E-state index is 13.1. The van der Waals surface area contributed by atoms with Gasteiger partial charge in [0.25, 0.3) is 5.91 Å². The molecule has 5 heteroatoms. The second kappa shape index (κ2) is 5.13. The van der Waals surface area contributed by atoms with Gasteiger partial charge in [-0.25, -0.2) is 0 Å². The maximum absolute atomic E-state index is 13.1. The normalized spacial score (nSPS) is 24.7. The Labute approximate surface area is 124 Å². The highest BCUT2D eigenvalue weighted by molar-refractivity contribution is 6.11. The highest BCUT2D eigenvalue weighted by atomic mass is 16.2. The molecule has 1 aliphatic heterocycles. The second-order valence-corrected chi connectivity index (χ2v) is 6.35. The van der Waals surface area contributed by atoms with Gasteiger partial charge in [-0.15, -0.1) is 0 Å². The van der Waals surface area contributed by atoms with Gasteiger partial charge >= 0.3 is 0 Å². The largest absolute Gasteiger partial charge is 0.340 e. The van der Waals surface area contributed by atoms with Crippen LogP contribution in [0.2, 0.25) is 0 Å². The molecule has 0 bridgehead atoms. The summed E-state index contributed by atoms with van der Waals surface area (Å²) < 4.78 is 0. The first kappa shape index (κ1) is 14.0. The first-order chi connectivity index (χ1) is 10.1. The van der Waals surface area contributed by atoms with Gasteiger partial charge in [-0.1, -0.05) is 26.7 Å². The van der Waals surface area contributed by atoms with Gasteiger partial charge in [0.05, 0.1) is 11.9 Å². The summed E-state index contributed by atoms with van der Waals surface area (Å²) in [6, 6.07) is 3.18. The molecule has 2 heterocycles. The average Bonchev–Trinajstić information content (AvgIpc) is 2.92. The number of carbonyl (C=O) groups is 2. The van der Waals surface area contributed by atoms with Gasteiger partial charge in [-0.2, -0.15) is 0 Å². The first-order valence-electron chi connectivity index (χ1n) is 7.61. The Morgan fingerprint density at radius 2 is 2.05 bits per heavy atom. The SMILES string of the molecule is CC(C)C1C(=O)NC2(CCCC2)C(=O)N1c1cccnc1. The Morgan fingerprint density at radius 1 is 1.33 bits per heavy atom. The van der Waals surface area contributed by atoms with Crippen molar-refractivity contribution in [2.24, 2.45) is 5.92 Å². The number of pyridine rings is 1. The molecule has 112 valence electrons. The van der Waals surface area contributed by atoms with Crippen molar-refractivity contribution in [3.05, 3.63) is 24.5 Å². The summed E-state index contributed by atoms with van der Waals surface area (Å²) in [5.74, 6) is 0.0227. The Balaban J connectivity index is 2.05. The second-order valence-electron chi connectivity index (χ2n) is 6.35. The van der Waals surface area contributed by atoms with E-state index in [1.165, 1.54) is 0 Å². The molecule has 1 saturated carbocycles. The fraction of sp³-hybridized carbons (Fsp3) is 0.562. The van der Waals surface area contributed by atoms with Gasteiger partial charge in [-0.05, 0) is 30.9 Å². The number of hydrogen-bond donors (Lipinski definition) is 1. The van der Waals surface area contributed by atoms with Crippen LogP contribution in [0.25, 0.3) is 0 Å². The molecular formula is C16H21N3O2. The summed E-state index contributed by atoms with van der Waals surface area (Å²) in [4.78, 5) is 31.5. The van der Waals surface area contributed by atoms with E-state index in [4.69, 9.17) is 0 Å². The van der Waals surface area contributed by atoms with E-state index in [2.05, 4.69) is 10.3 Å². The molecule has 5 nitrogen and oxygen atoms in total. The summed E-state index contributed by atoms with van der Waals surface area (Å²) in [7, 11) is 0. The number of hydrogen-bond acceptors (Lipinski definition) is 3. The number of anilines is 1. The van der Waals surface area contributed by atoms with Gasteiger partial charge in [0, 0.05) is 6.20 Å². The van der Waals surface area contributed by atoms with Gasteiger partial charge in [-0.3, -0.25) is 19.5 Å². The molecule has 21 heavy (non-hydrogen) atoms. The molecule has 0 aromatic carbocycles. The van der Waals surface area contributed by atoms with Crippen LogP contribution in [0.5, 0.6) is 0 Å². The summed E-state index contributed by atoms with van der Waals surface area (Å²) in [6.45, 7) is 3.93. The Morgan fingerprint density at radius 3 is 2.62 bits per heavy atom. The van der Waals surface area contributed by atoms with E-state index in [9.17, 15) is 9.59 Å². The molecule has 0 radical (unpaired) electrons. The number of nitrogens with zero attached hydrogens (tertiary/aromatic N) is 2. The quantitative estimate of drug-likeness (QED) is 0.903. The molecule has 1 spiro atoms. The fourth-order valence-electron chi connectivity index (χ4n) is 3.53. The van der Waals surface area contributed by atoms with E-state index in [1.54, 1.807) is 23.4 Å². The number of piperazine rings is 1. The standard InChI is InChI=1S/C16H21N3O2/c1-11(2)13-14(20)18-16(7-3-4-8-16)15(21)19(13)12-6-5-9-17-10-12/h5-6,9-11,13H,3-4,7-8H2,1-2H3,(H,18,20). The number of rotatable bonds is 2. The predicted molar refractivity (Wildman–Crippen MR) is 79.7 cm³/mol. The van der Waals surface area contributed by atoms with Crippen LogP contribution in [0, 0.1) is 5.92 Å². The van der Waals surface area contributed by atoms with Gasteiger partial charge in [0.2, 0.25) is 5.91 Å². The Kier molecular flexibility index (Phi) is 3.43. The summed E-state index contributed by atoms with van der Waals surface area (Å²) in [5.41, 5.74) is 0.0144. The number of aromatic nitrogens is 1. The van der Waals surface area contributed by atoms with Gasteiger partial charge in [0.1, 0.15) is 11.6 Å². The van der Waals surface area contributed by atoms with Crippen LogP contribution >= 0.6 is 0 Å².